The van der Waals surface area contributed by atoms with Crippen LogP contribution in [0.1, 0.15) is 18.3 Å². The van der Waals surface area contributed by atoms with Crippen LogP contribution in [0.25, 0.3) is 12.2 Å². The van der Waals surface area contributed by atoms with Gasteiger partial charge < -0.3 is 10.1 Å². The van der Waals surface area contributed by atoms with Crippen molar-refractivity contribution in [3.63, 3.8) is 0 Å². The maximum atomic E-state index is 10.8. The standard InChI is InChI=1S/C13H12N3O2/c1-2-15-12(14-10-13(15)16(17)18)9-8-11-6-4-3-5-7-11/h2-10H,1H3/b9-8+. The molecule has 2 aromatic rings. The molecule has 0 atom stereocenters. The Morgan fingerprint density at radius 1 is 1.28 bits per heavy atom. The van der Waals surface area contributed by atoms with Gasteiger partial charge in [0.2, 0.25) is 5.82 Å². The molecule has 0 saturated heterocycles. The molecule has 0 aliphatic heterocycles. The lowest BCUT2D eigenvalue weighted by Gasteiger charge is -1.97. The highest BCUT2D eigenvalue weighted by atomic mass is 16.6. The summed E-state index contributed by atoms with van der Waals surface area (Å²) in [5.74, 6) is 0.498. The summed E-state index contributed by atoms with van der Waals surface area (Å²) >= 11 is 0. The van der Waals surface area contributed by atoms with Gasteiger partial charge >= 0.3 is 5.82 Å². The monoisotopic (exact) mass is 242 g/mol. The fraction of sp³-hybridized carbons (Fsp3) is 0.0769. The van der Waals surface area contributed by atoms with Crippen LogP contribution in [0.5, 0.6) is 0 Å². The van der Waals surface area contributed by atoms with Crippen LogP contribution in [0, 0.1) is 16.7 Å². The Hall–Kier alpha value is -2.43. The highest BCUT2D eigenvalue weighted by molar-refractivity contribution is 5.67. The van der Waals surface area contributed by atoms with Crippen LogP contribution >= 0.6 is 0 Å². The van der Waals surface area contributed by atoms with Gasteiger partial charge in [0.05, 0.1) is 0 Å². The van der Waals surface area contributed by atoms with E-state index in [4.69, 9.17) is 0 Å². The molecule has 18 heavy (non-hydrogen) atoms. The van der Waals surface area contributed by atoms with Crippen molar-refractivity contribution in [1.82, 2.24) is 9.55 Å². The zero-order valence-electron chi connectivity index (χ0n) is 9.85. The van der Waals surface area contributed by atoms with Crippen LogP contribution in [0.15, 0.2) is 36.5 Å². The molecule has 91 valence electrons. The van der Waals surface area contributed by atoms with Gasteiger partial charge in [0, 0.05) is 6.08 Å². The molecule has 1 aromatic carbocycles. The second-order valence-corrected chi connectivity index (χ2v) is 3.60. The number of nitro groups is 1. The Balaban J connectivity index is 2.30. The quantitative estimate of drug-likeness (QED) is 0.611. The van der Waals surface area contributed by atoms with E-state index in [1.807, 2.05) is 36.4 Å². The van der Waals surface area contributed by atoms with E-state index < -0.39 is 4.92 Å². The van der Waals surface area contributed by atoms with E-state index in [0.29, 0.717) is 5.82 Å². The van der Waals surface area contributed by atoms with Gasteiger partial charge in [0.1, 0.15) is 12.7 Å². The normalized spacial score (nSPS) is 10.9. The van der Waals surface area contributed by atoms with Crippen LogP contribution < -0.4 is 0 Å². The van der Waals surface area contributed by atoms with E-state index in [-0.39, 0.29) is 5.82 Å². The van der Waals surface area contributed by atoms with Crippen LogP contribution in [0.3, 0.4) is 0 Å². The van der Waals surface area contributed by atoms with Crippen molar-refractivity contribution in [3.05, 3.63) is 64.6 Å². The van der Waals surface area contributed by atoms with Gasteiger partial charge in [-0.25, -0.2) is 4.98 Å². The molecule has 5 nitrogen and oxygen atoms in total. The lowest BCUT2D eigenvalue weighted by molar-refractivity contribution is -0.391. The Labute approximate surface area is 105 Å². The number of imidazole rings is 1. The van der Waals surface area contributed by atoms with E-state index >= 15 is 0 Å². The molecule has 0 aliphatic rings. The van der Waals surface area contributed by atoms with Gasteiger partial charge in [-0.1, -0.05) is 30.3 Å². The molecule has 0 bridgehead atoms. The topological polar surface area (TPSA) is 61.0 Å². The summed E-state index contributed by atoms with van der Waals surface area (Å²) in [7, 11) is 0. The predicted molar refractivity (Wildman–Crippen MR) is 69.6 cm³/mol. The maximum absolute atomic E-state index is 10.8. The largest absolute Gasteiger partial charge is 0.358 e. The van der Waals surface area contributed by atoms with Crippen molar-refractivity contribution in [1.29, 1.82) is 0 Å². The summed E-state index contributed by atoms with van der Waals surface area (Å²) in [6, 6.07) is 9.70. The number of aromatic nitrogens is 2. The zero-order valence-corrected chi connectivity index (χ0v) is 9.85. The molecule has 0 aliphatic carbocycles. The molecule has 0 saturated carbocycles. The molecular weight excluding hydrogens is 230 g/mol. The number of rotatable bonds is 4. The minimum absolute atomic E-state index is 0.0368. The summed E-state index contributed by atoms with van der Waals surface area (Å²) in [5, 5.41) is 10.8. The Kier molecular flexibility index (Phi) is 3.52. The summed E-state index contributed by atoms with van der Waals surface area (Å²) in [5.41, 5.74) is 1.02. The molecular formula is C13H12N3O2. The van der Waals surface area contributed by atoms with E-state index in [1.54, 1.807) is 19.5 Å². The first-order valence-electron chi connectivity index (χ1n) is 5.46. The smallest absolute Gasteiger partial charge is 0.343 e. The Morgan fingerprint density at radius 2 is 2.00 bits per heavy atom. The SMILES string of the molecule is C[CH]n1c([N+](=O)[O-])cnc1/C=C/c1ccccc1. The Morgan fingerprint density at radius 3 is 2.61 bits per heavy atom. The minimum atomic E-state index is -0.452. The van der Waals surface area contributed by atoms with E-state index in [1.165, 1.54) is 10.8 Å². The van der Waals surface area contributed by atoms with Gasteiger partial charge in [0.25, 0.3) is 0 Å². The molecule has 1 heterocycles. The highest BCUT2D eigenvalue weighted by Crippen LogP contribution is 2.16. The third-order valence-electron chi connectivity index (χ3n) is 2.48. The molecule has 1 aromatic heterocycles. The summed E-state index contributed by atoms with van der Waals surface area (Å²) in [6.07, 6.45) is 4.87. The summed E-state index contributed by atoms with van der Waals surface area (Å²) in [6.45, 7) is 3.35. The van der Waals surface area contributed by atoms with Crippen molar-refractivity contribution in [2.75, 3.05) is 0 Å². The first-order chi connectivity index (χ1) is 8.72. The summed E-state index contributed by atoms with van der Waals surface area (Å²) in [4.78, 5) is 14.3. The predicted octanol–water partition coefficient (Wildman–Crippen LogP) is 2.99. The van der Waals surface area contributed by atoms with Crippen molar-refractivity contribution >= 4 is 18.0 Å². The molecule has 1 radical (unpaired) electrons. The second kappa shape index (κ2) is 5.27. The average molecular weight is 242 g/mol. The molecule has 0 fully saturated rings. The number of nitrogens with zero attached hydrogens (tertiary/aromatic N) is 3. The van der Waals surface area contributed by atoms with Crippen molar-refractivity contribution < 1.29 is 4.92 Å². The van der Waals surface area contributed by atoms with E-state index in [9.17, 15) is 10.1 Å². The Bertz CT molecular complexity index is 573. The van der Waals surface area contributed by atoms with Gasteiger partial charge in [-0.2, -0.15) is 4.57 Å². The molecule has 5 heteroatoms. The minimum Gasteiger partial charge on any atom is -0.358 e. The van der Waals surface area contributed by atoms with Crippen molar-refractivity contribution in [2.24, 2.45) is 0 Å². The lowest BCUT2D eigenvalue weighted by atomic mass is 10.2. The average Bonchev–Trinajstić information content (AvgIpc) is 2.80. The maximum Gasteiger partial charge on any atom is 0.343 e. The third kappa shape index (κ3) is 2.45. The molecule has 0 amide bonds. The van der Waals surface area contributed by atoms with E-state index in [0.717, 1.165) is 5.56 Å². The zero-order chi connectivity index (χ0) is 13.0. The second-order valence-electron chi connectivity index (χ2n) is 3.60. The lowest BCUT2D eigenvalue weighted by Crippen LogP contribution is -2.00. The molecule has 0 N–H and O–H groups in total. The number of benzene rings is 1. The van der Waals surface area contributed by atoms with Crippen LogP contribution in [-0.2, 0) is 0 Å². The fourth-order valence-electron chi connectivity index (χ4n) is 1.62. The molecule has 0 unspecified atom stereocenters. The van der Waals surface area contributed by atoms with Gasteiger partial charge in [-0.3, -0.25) is 0 Å². The van der Waals surface area contributed by atoms with E-state index in [2.05, 4.69) is 4.98 Å². The number of hydrogen-bond acceptors (Lipinski definition) is 3. The van der Waals surface area contributed by atoms with Crippen LogP contribution in [0.2, 0.25) is 0 Å². The van der Waals surface area contributed by atoms with Crippen LogP contribution in [0.4, 0.5) is 5.82 Å². The fourth-order valence-corrected chi connectivity index (χ4v) is 1.62. The van der Waals surface area contributed by atoms with Gasteiger partial charge in [-0.15, -0.1) is 0 Å². The first-order valence-corrected chi connectivity index (χ1v) is 5.46. The van der Waals surface area contributed by atoms with Crippen molar-refractivity contribution in [3.8, 4) is 0 Å². The first kappa shape index (κ1) is 12.0. The number of hydrogen-bond donors (Lipinski definition) is 0. The molecule has 2 rings (SSSR count). The highest BCUT2D eigenvalue weighted by Gasteiger charge is 2.16. The van der Waals surface area contributed by atoms with Crippen molar-refractivity contribution in [2.45, 2.75) is 6.92 Å². The van der Waals surface area contributed by atoms with Gasteiger partial charge in [-0.05, 0) is 23.5 Å². The summed E-state index contributed by atoms with van der Waals surface area (Å²) < 4.78 is 1.44. The van der Waals surface area contributed by atoms with Crippen LogP contribution in [-0.4, -0.2) is 14.5 Å². The van der Waals surface area contributed by atoms with Gasteiger partial charge in [0.15, 0.2) is 0 Å². The molecule has 0 spiro atoms. The third-order valence-corrected chi connectivity index (χ3v) is 2.48.